The number of aromatic amines is 1. The van der Waals surface area contributed by atoms with Gasteiger partial charge in [0.05, 0.1) is 49.6 Å². The summed E-state index contributed by atoms with van der Waals surface area (Å²) in [4.78, 5) is 86.7. The molecule has 2 saturated heterocycles. The number of halogens is 1. The highest BCUT2D eigenvalue weighted by atomic mass is 19.1. The number of anilines is 1. The number of ether oxygens (including phenoxy) is 3. The molecule has 0 saturated carbocycles. The van der Waals surface area contributed by atoms with E-state index in [0.717, 1.165) is 59.0 Å². The van der Waals surface area contributed by atoms with Crippen molar-refractivity contribution in [1.29, 1.82) is 0 Å². The second-order valence-corrected chi connectivity index (χ2v) is 15.1. The van der Waals surface area contributed by atoms with Crippen molar-refractivity contribution >= 4 is 41.1 Å². The number of carbonyl (C=O) groups is 6. The molecule has 1 unspecified atom stereocenters. The number of fused-ring (bicyclic) bond motifs is 1. The Morgan fingerprint density at radius 2 is 1.62 bits per heavy atom. The van der Waals surface area contributed by atoms with E-state index in [1.54, 1.807) is 25.4 Å². The number of imidazole rings is 1. The van der Waals surface area contributed by atoms with E-state index in [1.807, 2.05) is 25.1 Å². The molecule has 0 spiro atoms. The lowest BCUT2D eigenvalue weighted by Crippen LogP contribution is -2.54. The van der Waals surface area contributed by atoms with E-state index in [1.165, 1.54) is 24.3 Å². The number of piperidine rings is 2. The summed E-state index contributed by atoms with van der Waals surface area (Å²) in [5.74, 6) is -3.21. The molecule has 3 aliphatic rings. The number of nitrogens with zero attached hydrogens (tertiary/aromatic N) is 3. The van der Waals surface area contributed by atoms with Gasteiger partial charge in [0.15, 0.2) is 6.61 Å². The van der Waals surface area contributed by atoms with Gasteiger partial charge in [0.25, 0.3) is 23.6 Å². The molecule has 7 rings (SSSR count). The molecule has 4 N–H and O–H groups in total. The van der Waals surface area contributed by atoms with Crippen molar-refractivity contribution in [3.63, 3.8) is 0 Å². The number of rotatable bonds is 17. The Bertz CT molecular complexity index is 2320. The predicted molar refractivity (Wildman–Crippen MR) is 220 cm³/mol. The number of aryl methyl sites for hydroxylation is 2. The Balaban J connectivity index is 0.808. The minimum atomic E-state index is -1.12. The third-order valence-corrected chi connectivity index (χ3v) is 11.1. The Kier molecular flexibility index (Phi) is 13.5. The van der Waals surface area contributed by atoms with Crippen molar-refractivity contribution in [2.45, 2.75) is 51.5 Å². The average Bonchev–Trinajstić information content (AvgIpc) is 3.80. The van der Waals surface area contributed by atoms with Gasteiger partial charge in [0.2, 0.25) is 11.8 Å². The minimum absolute atomic E-state index is 0.00128. The van der Waals surface area contributed by atoms with Crippen LogP contribution in [0, 0.1) is 19.7 Å². The molecule has 1 aromatic heterocycles. The van der Waals surface area contributed by atoms with Crippen molar-refractivity contribution in [3.05, 3.63) is 100 Å². The van der Waals surface area contributed by atoms with E-state index in [-0.39, 0.29) is 81.0 Å². The summed E-state index contributed by atoms with van der Waals surface area (Å²) in [5.41, 5.74) is 5.97. The molecule has 3 aromatic carbocycles. The molecule has 16 nitrogen and oxygen atoms in total. The third-order valence-electron chi connectivity index (χ3n) is 11.1. The monoisotopic (exact) mass is 837 g/mol. The van der Waals surface area contributed by atoms with Crippen LogP contribution < -0.4 is 25.6 Å². The minimum Gasteiger partial charge on any atom is -0.483 e. The zero-order valence-corrected chi connectivity index (χ0v) is 34.0. The molecule has 0 bridgehead atoms. The van der Waals surface area contributed by atoms with Gasteiger partial charge in [0, 0.05) is 61.0 Å². The summed E-state index contributed by atoms with van der Waals surface area (Å²) < 4.78 is 30.9. The SMILES string of the molecule is Cc1cc(-c2ccc(C(=O)NCCOCCOCCNC(=O)COc3cccc4c3C(=O)N(C3CCC(=O)NC3=O)C4=O)cc2N2CCC(c3nc[nH]c3C)CC2)ccc1F. The Hall–Kier alpha value is -6.46. The molecule has 61 heavy (non-hydrogen) atoms. The summed E-state index contributed by atoms with van der Waals surface area (Å²) in [6.07, 6.45) is 3.58. The van der Waals surface area contributed by atoms with Gasteiger partial charge >= 0.3 is 0 Å². The van der Waals surface area contributed by atoms with Crippen LogP contribution in [0.1, 0.15) is 79.6 Å². The Labute approximate surface area is 351 Å². The molecular weight excluding hydrogens is 790 g/mol. The van der Waals surface area contributed by atoms with Gasteiger partial charge in [-0.25, -0.2) is 9.37 Å². The first-order valence-corrected chi connectivity index (χ1v) is 20.3. The second-order valence-electron chi connectivity index (χ2n) is 15.1. The van der Waals surface area contributed by atoms with Gasteiger partial charge in [0.1, 0.15) is 17.6 Å². The maximum absolute atomic E-state index is 14.2. The normalized spacial score (nSPS) is 16.7. The van der Waals surface area contributed by atoms with E-state index in [2.05, 4.69) is 30.8 Å². The fourth-order valence-electron chi connectivity index (χ4n) is 7.89. The summed E-state index contributed by atoms with van der Waals surface area (Å²) in [6, 6.07) is 14.0. The first-order valence-electron chi connectivity index (χ1n) is 20.3. The van der Waals surface area contributed by atoms with Crippen LogP contribution >= 0.6 is 0 Å². The number of amides is 6. The van der Waals surface area contributed by atoms with Crippen LogP contribution in [0.5, 0.6) is 5.75 Å². The smallest absolute Gasteiger partial charge is 0.266 e. The number of hydrogen-bond acceptors (Lipinski definition) is 11. The molecule has 2 fully saturated rings. The largest absolute Gasteiger partial charge is 0.483 e. The van der Waals surface area contributed by atoms with Gasteiger partial charge in [-0.15, -0.1) is 0 Å². The topological polar surface area (TPSA) is 201 Å². The van der Waals surface area contributed by atoms with Crippen LogP contribution in [0.25, 0.3) is 11.1 Å². The van der Waals surface area contributed by atoms with Gasteiger partial charge < -0.3 is 34.7 Å². The molecule has 3 aliphatic heterocycles. The van der Waals surface area contributed by atoms with Gasteiger partial charge in [-0.05, 0) is 80.6 Å². The number of imide groups is 2. The lowest BCUT2D eigenvalue weighted by atomic mass is 9.91. The summed E-state index contributed by atoms with van der Waals surface area (Å²) in [5, 5.41) is 7.72. The zero-order valence-electron chi connectivity index (χ0n) is 34.0. The number of nitrogens with one attached hydrogen (secondary N) is 4. The molecule has 0 aliphatic carbocycles. The number of H-pyrrole nitrogens is 1. The highest BCUT2D eigenvalue weighted by molar-refractivity contribution is 6.24. The molecule has 0 radical (unpaired) electrons. The molecule has 4 aromatic rings. The molecule has 6 amide bonds. The summed E-state index contributed by atoms with van der Waals surface area (Å²) >= 11 is 0. The zero-order chi connectivity index (χ0) is 43.0. The maximum Gasteiger partial charge on any atom is 0.266 e. The molecular formula is C44H48FN7O9. The van der Waals surface area contributed by atoms with Gasteiger partial charge in [-0.3, -0.25) is 39.0 Å². The Morgan fingerprint density at radius 1 is 0.869 bits per heavy atom. The lowest BCUT2D eigenvalue weighted by Gasteiger charge is -2.35. The van der Waals surface area contributed by atoms with Crippen LogP contribution in [0.4, 0.5) is 10.1 Å². The van der Waals surface area contributed by atoms with E-state index in [0.29, 0.717) is 17.0 Å². The summed E-state index contributed by atoms with van der Waals surface area (Å²) in [7, 11) is 0. The number of hydrogen-bond donors (Lipinski definition) is 4. The van der Waals surface area contributed by atoms with Crippen molar-refractivity contribution < 1.29 is 47.4 Å². The van der Waals surface area contributed by atoms with Crippen molar-refractivity contribution in [2.24, 2.45) is 0 Å². The quantitative estimate of drug-likeness (QED) is 0.0895. The van der Waals surface area contributed by atoms with Gasteiger partial charge in [-0.1, -0.05) is 18.2 Å². The highest BCUT2D eigenvalue weighted by Crippen LogP contribution is 2.38. The number of carbonyl (C=O) groups excluding carboxylic acids is 6. The number of aromatic nitrogens is 2. The standard InChI is InChI=1S/C44H48FN7O9/c1-26-22-29(7-9-33(26)45)31-8-6-30(23-35(31)51-16-12-28(13-17-51)40-27(2)48-25-49-40)41(55)47-15-19-60-21-20-59-18-14-46-38(54)24-61-36-5-3-4-32-39(36)44(58)52(43(32)57)34-10-11-37(53)50-42(34)56/h3-9,22-23,25,28,34H,10-21,24H2,1-2H3,(H,46,54)(H,47,55)(H,48,49)(H,50,53,56). The van der Waals surface area contributed by atoms with Crippen LogP contribution in [0.3, 0.4) is 0 Å². The van der Waals surface area contributed by atoms with Crippen LogP contribution in [-0.4, -0.2) is 116 Å². The first kappa shape index (κ1) is 42.7. The van der Waals surface area contributed by atoms with Crippen LogP contribution in [0.2, 0.25) is 0 Å². The van der Waals surface area contributed by atoms with Crippen molar-refractivity contribution in [2.75, 3.05) is 64.1 Å². The molecule has 320 valence electrons. The number of benzene rings is 3. The first-order chi connectivity index (χ1) is 29.5. The maximum atomic E-state index is 14.2. The van der Waals surface area contributed by atoms with E-state index >= 15 is 0 Å². The van der Waals surface area contributed by atoms with Crippen molar-refractivity contribution in [1.82, 2.24) is 30.8 Å². The van der Waals surface area contributed by atoms with Crippen LogP contribution in [0.15, 0.2) is 60.9 Å². The van der Waals surface area contributed by atoms with Gasteiger partial charge in [-0.2, -0.15) is 0 Å². The van der Waals surface area contributed by atoms with Crippen LogP contribution in [-0.2, 0) is 23.9 Å². The Morgan fingerprint density at radius 3 is 2.33 bits per heavy atom. The molecule has 17 heteroatoms. The third kappa shape index (κ3) is 9.79. The molecule has 4 heterocycles. The highest BCUT2D eigenvalue weighted by Gasteiger charge is 2.46. The summed E-state index contributed by atoms with van der Waals surface area (Å²) in [6.45, 7) is 6.32. The molecule has 1 atom stereocenters. The van der Waals surface area contributed by atoms with E-state index in [9.17, 15) is 33.2 Å². The fraction of sp³-hybridized carbons (Fsp3) is 0.386. The average molecular weight is 838 g/mol. The lowest BCUT2D eigenvalue weighted by molar-refractivity contribution is -0.136. The second kappa shape index (κ2) is 19.3. The van der Waals surface area contributed by atoms with E-state index in [4.69, 9.17) is 14.2 Å². The van der Waals surface area contributed by atoms with Crippen molar-refractivity contribution in [3.8, 4) is 16.9 Å². The van der Waals surface area contributed by atoms with E-state index < -0.39 is 42.2 Å². The predicted octanol–water partition coefficient (Wildman–Crippen LogP) is 3.58. The fourth-order valence-corrected chi connectivity index (χ4v) is 7.89.